The fraction of sp³-hybridized carbons (Fsp3) is 0.778. The molecular weight excluding hydrogens is 182 g/mol. The predicted molar refractivity (Wildman–Crippen MR) is 51.8 cm³/mol. The van der Waals surface area contributed by atoms with Crippen LogP contribution in [0.15, 0.2) is 4.63 Å². The van der Waals surface area contributed by atoms with Gasteiger partial charge in [-0.25, -0.2) is 4.63 Å². The minimum Gasteiger partial charge on any atom is -0.380 e. The van der Waals surface area contributed by atoms with Gasteiger partial charge in [-0.1, -0.05) is 10.3 Å². The van der Waals surface area contributed by atoms with Gasteiger partial charge in [-0.3, -0.25) is 0 Å². The highest BCUT2D eigenvalue weighted by Crippen LogP contribution is 1.99. The highest BCUT2D eigenvalue weighted by molar-refractivity contribution is 5.03. The zero-order valence-electron chi connectivity index (χ0n) is 8.91. The average Bonchev–Trinajstić information content (AvgIpc) is 2.58. The molecule has 0 aromatic carbocycles. The van der Waals surface area contributed by atoms with E-state index in [0.717, 1.165) is 18.0 Å². The molecule has 1 N–H and O–H groups in total. The largest absolute Gasteiger partial charge is 0.380 e. The number of nitrogens with one attached hydrogen (secondary N) is 1. The molecule has 1 rings (SSSR count). The molecule has 0 aliphatic rings. The van der Waals surface area contributed by atoms with Crippen LogP contribution in [0.25, 0.3) is 0 Å². The molecule has 0 spiro atoms. The molecule has 5 nitrogen and oxygen atoms in total. The first-order chi connectivity index (χ1) is 6.74. The summed E-state index contributed by atoms with van der Waals surface area (Å²) < 4.78 is 9.86. The van der Waals surface area contributed by atoms with Crippen LogP contribution in [-0.2, 0) is 11.3 Å². The fourth-order valence-corrected chi connectivity index (χ4v) is 1.03. The summed E-state index contributed by atoms with van der Waals surface area (Å²) in [7, 11) is 0. The Bertz CT molecular complexity index is 262. The van der Waals surface area contributed by atoms with Gasteiger partial charge in [-0.05, 0) is 20.8 Å². The first-order valence-electron chi connectivity index (χ1n) is 4.83. The van der Waals surface area contributed by atoms with Crippen molar-refractivity contribution in [1.29, 1.82) is 0 Å². The SMILES string of the molecule is CCOCC(C)NCc1nonc1C. The van der Waals surface area contributed by atoms with Crippen molar-refractivity contribution in [3.8, 4) is 0 Å². The number of rotatable bonds is 6. The first-order valence-corrected chi connectivity index (χ1v) is 4.83. The molecule has 0 aliphatic carbocycles. The van der Waals surface area contributed by atoms with E-state index in [2.05, 4.69) is 27.2 Å². The van der Waals surface area contributed by atoms with Crippen LogP contribution in [0.2, 0.25) is 0 Å². The third-order valence-electron chi connectivity index (χ3n) is 1.94. The maximum atomic E-state index is 5.27. The number of hydrogen-bond acceptors (Lipinski definition) is 5. The zero-order chi connectivity index (χ0) is 10.4. The van der Waals surface area contributed by atoms with E-state index in [4.69, 9.17) is 4.74 Å². The molecule has 0 saturated carbocycles. The van der Waals surface area contributed by atoms with Crippen molar-refractivity contribution in [1.82, 2.24) is 15.6 Å². The summed E-state index contributed by atoms with van der Waals surface area (Å²) in [5.74, 6) is 0. The Kier molecular flexibility index (Phi) is 4.55. The topological polar surface area (TPSA) is 60.2 Å². The molecule has 1 atom stereocenters. The highest BCUT2D eigenvalue weighted by Gasteiger charge is 2.06. The molecule has 0 bridgehead atoms. The summed E-state index contributed by atoms with van der Waals surface area (Å²) in [6.45, 7) is 8.05. The highest BCUT2D eigenvalue weighted by atomic mass is 16.6. The van der Waals surface area contributed by atoms with E-state index in [1.165, 1.54) is 0 Å². The Morgan fingerprint density at radius 2 is 2.29 bits per heavy atom. The molecule has 0 radical (unpaired) electrons. The van der Waals surface area contributed by atoms with Crippen LogP contribution in [0.3, 0.4) is 0 Å². The lowest BCUT2D eigenvalue weighted by Crippen LogP contribution is -2.30. The van der Waals surface area contributed by atoms with Crippen molar-refractivity contribution in [2.24, 2.45) is 0 Å². The van der Waals surface area contributed by atoms with Gasteiger partial charge in [0.2, 0.25) is 0 Å². The summed E-state index contributed by atoms with van der Waals surface area (Å²) in [5.41, 5.74) is 1.69. The Labute approximate surface area is 83.8 Å². The van der Waals surface area contributed by atoms with Crippen molar-refractivity contribution < 1.29 is 9.37 Å². The maximum absolute atomic E-state index is 5.27. The van der Waals surface area contributed by atoms with Crippen LogP contribution in [0.5, 0.6) is 0 Å². The second-order valence-corrected chi connectivity index (χ2v) is 3.24. The van der Waals surface area contributed by atoms with Gasteiger partial charge in [0.1, 0.15) is 11.4 Å². The van der Waals surface area contributed by atoms with Gasteiger partial charge in [0.25, 0.3) is 0 Å². The predicted octanol–water partition coefficient (Wildman–Crippen LogP) is 0.893. The van der Waals surface area contributed by atoms with Gasteiger partial charge in [0.05, 0.1) is 6.61 Å². The van der Waals surface area contributed by atoms with E-state index in [-0.39, 0.29) is 0 Å². The monoisotopic (exact) mass is 199 g/mol. The molecule has 1 aromatic rings. The van der Waals surface area contributed by atoms with Crippen LogP contribution in [0, 0.1) is 6.92 Å². The van der Waals surface area contributed by atoms with Crippen molar-refractivity contribution in [3.63, 3.8) is 0 Å². The average molecular weight is 199 g/mol. The van der Waals surface area contributed by atoms with E-state index in [9.17, 15) is 0 Å². The van der Waals surface area contributed by atoms with Gasteiger partial charge < -0.3 is 10.1 Å². The minimum atomic E-state index is 0.311. The molecule has 0 fully saturated rings. The Morgan fingerprint density at radius 1 is 1.50 bits per heavy atom. The molecule has 14 heavy (non-hydrogen) atoms. The Balaban J connectivity index is 2.23. The van der Waals surface area contributed by atoms with Crippen molar-refractivity contribution in [3.05, 3.63) is 11.4 Å². The number of nitrogens with zero attached hydrogens (tertiary/aromatic N) is 2. The molecule has 1 heterocycles. The third kappa shape index (κ3) is 3.43. The number of hydrogen-bond donors (Lipinski definition) is 1. The molecule has 80 valence electrons. The van der Waals surface area contributed by atoms with Gasteiger partial charge in [0, 0.05) is 19.2 Å². The summed E-state index contributed by atoms with van der Waals surface area (Å²) in [5, 5.41) is 10.8. The summed E-state index contributed by atoms with van der Waals surface area (Å²) >= 11 is 0. The molecule has 0 saturated heterocycles. The second kappa shape index (κ2) is 5.72. The normalized spacial score (nSPS) is 13.1. The zero-order valence-corrected chi connectivity index (χ0v) is 8.91. The Morgan fingerprint density at radius 3 is 2.86 bits per heavy atom. The van der Waals surface area contributed by atoms with E-state index < -0.39 is 0 Å². The van der Waals surface area contributed by atoms with E-state index >= 15 is 0 Å². The van der Waals surface area contributed by atoms with Crippen LogP contribution < -0.4 is 5.32 Å². The van der Waals surface area contributed by atoms with Gasteiger partial charge >= 0.3 is 0 Å². The molecule has 1 aromatic heterocycles. The summed E-state index contributed by atoms with van der Waals surface area (Å²) in [4.78, 5) is 0. The third-order valence-corrected chi connectivity index (χ3v) is 1.94. The van der Waals surface area contributed by atoms with Crippen LogP contribution in [0.4, 0.5) is 0 Å². The Hall–Kier alpha value is -0.940. The molecule has 0 amide bonds. The molecule has 1 unspecified atom stereocenters. The van der Waals surface area contributed by atoms with Crippen LogP contribution >= 0.6 is 0 Å². The number of ether oxygens (including phenoxy) is 1. The lowest BCUT2D eigenvalue weighted by molar-refractivity contribution is 0.126. The molecular formula is C9H17N3O2. The fourth-order valence-electron chi connectivity index (χ4n) is 1.03. The van der Waals surface area contributed by atoms with Crippen molar-refractivity contribution >= 4 is 0 Å². The van der Waals surface area contributed by atoms with Crippen LogP contribution in [-0.4, -0.2) is 29.6 Å². The minimum absolute atomic E-state index is 0.311. The lowest BCUT2D eigenvalue weighted by Gasteiger charge is -2.11. The van der Waals surface area contributed by atoms with Gasteiger partial charge in [-0.15, -0.1) is 0 Å². The van der Waals surface area contributed by atoms with Gasteiger partial charge in [0.15, 0.2) is 0 Å². The van der Waals surface area contributed by atoms with E-state index in [1.54, 1.807) is 0 Å². The van der Waals surface area contributed by atoms with Gasteiger partial charge in [-0.2, -0.15) is 0 Å². The van der Waals surface area contributed by atoms with Crippen LogP contribution in [0.1, 0.15) is 25.2 Å². The second-order valence-electron chi connectivity index (χ2n) is 3.24. The molecule has 0 aliphatic heterocycles. The van der Waals surface area contributed by atoms with E-state index in [1.807, 2.05) is 13.8 Å². The standard InChI is InChI=1S/C9H17N3O2/c1-4-13-6-7(2)10-5-9-8(3)11-14-12-9/h7,10H,4-6H2,1-3H3. The van der Waals surface area contributed by atoms with E-state index in [0.29, 0.717) is 19.2 Å². The molecule has 5 heteroatoms. The summed E-state index contributed by atoms with van der Waals surface area (Å²) in [6, 6.07) is 0.311. The maximum Gasteiger partial charge on any atom is 0.121 e. The van der Waals surface area contributed by atoms with Crippen molar-refractivity contribution in [2.75, 3.05) is 13.2 Å². The smallest absolute Gasteiger partial charge is 0.121 e. The number of aromatic nitrogens is 2. The lowest BCUT2D eigenvalue weighted by atomic mass is 10.3. The summed E-state index contributed by atoms with van der Waals surface area (Å²) in [6.07, 6.45) is 0. The number of aryl methyl sites for hydroxylation is 1. The quantitative estimate of drug-likeness (QED) is 0.737. The van der Waals surface area contributed by atoms with Crippen molar-refractivity contribution in [2.45, 2.75) is 33.4 Å². The first kappa shape index (κ1) is 11.1.